The van der Waals surface area contributed by atoms with Gasteiger partial charge in [0.15, 0.2) is 11.5 Å². The Morgan fingerprint density at radius 3 is 1.96 bits per heavy atom. The number of piperazine rings is 1. The van der Waals surface area contributed by atoms with E-state index in [1.54, 1.807) is 21.3 Å². The zero-order valence-electron chi connectivity index (χ0n) is 14.5. The molecule has 1 aromatic rings. The van der Waals surface area contributed by atoms with Crippen LogP contribution >= 0.6 is 24.8 Å². The highest BCUT2D eigenvalue weighted by molar-refractivity contribution is 5.85. The van der Waals surface area contributed by atoms with Crippen molar-refractivity contribution in [1.82, 2.24) is 9.80 Å². The molecule has 0 amide bonds. The maximum Gasteiger partial charge on any atom is 0.203 e. The summed E-state index contributed by atoms with van der Waals surface area (Å²) in [5.41, 5.74) is 1.09. The highest BCUT2D eigenvalue weighted by Crippen LogP contribution is 2.40. The minimum atomic E-state index is 0. The molecule has 24 heavy (non-hydrogen) atoms. The molecule has 1 aliphatic heterocycles. The van der Waals surface area contributed by atoms with E-state index in [9.17, 15) is 0 Å². The van der Waals surface area contributed by atoms with Crippen molar-refractivity contribution >= 4 is 24.8 Å². The molecular weight excluding hydrogens is 355 g/mol. The number of halogens is 2. The van der Waals surface area contributed by atoms with Crippen LogP contribution in [0.1, 0.15) is 5.56 Å². The van der Waals surface area contributed by atoms with E-state index in [2.05, 4.69) is 9.80 Å². The van der Waals surface area contributed by atoms with Crippen LogP contribution in [-0.2, 0) is 6.54 Å². The number of nitrogens with zero attached hydrogens (tertiary/aromatic N) is 2. The van der Waals surface area contributed by atoms with Crippen molar-refractivity contribution in [3.05, 3.63) is 17.7 Å². The summed E-state index contributed by atoms with van der Waals surface area (Å²) in [6.45, 7) is 5.73. The number of aliphatic hydroxyl groups is 1. The summed E-state index contributed by atoms with van der Waals surface area (Å²) in [6.07, 6.45) is 0. The van der Waals surface area contributed by atoms with Gasteiger partial charge in [-0.1, -0.05) is 6.07 Å². The van der Waals surface area contributed by atoms with E-state index in [4.69, 9.17) is 19.3 Å². The van der Waals surface area contributed by atoms with Gasteiger partial charge in [-0.05, 0) is 6.07 Å². The third-order valence-corrected chi connectivity index (χ3v) is 4.06. The average Bonchev–Trinajstić information content (AvgIpc) is 2.56. The van der Waals surface area contributed by atoms with Crippen molar-refractivity contribution < 1.29 is 19.3 Å². The van der Waals surface area contributed by atoms with E-state index in [1.807, 2.05) is 12.1 Å². The Morgan fingerprint density at radius 1 is 0.875 bits per heavy atom. The molecule has 0 radical (unpaired) electrons. The molecule has 0 aliphatic carbocycles. The van der Waals surface area contributed by atoms with Crippen LogP contribution in [0.4, 0.5) is 0 Å². The third-order valence-electron chi connectivity index (χ3n) is 4.06. The van der Waals surface area contributed by atoms with Crippen LogP contribution in [0.15, 0.2) is 12.1 Å². The summed E-state index contributed by atoms with van der Waals surface area (Å²) in [7, 11) is 4.90. The van der Waals surface area contributed by atoms with Crippen molar-refractivity contribution in [2.24, 2.45) is 0 Å². The van der Waals surface area contributed by atoms with Crippen molar-refractivity contribution in [2.45, 2.75) is 6.54 Å². The second-order valence-electron chi connectivity index (χ2n) is 5.33. The third kappa shape index (κ3) is 5.57. The van der Waals surface area contributed by atoms with Gasteiger partial charge >= 0.3 is 0 Å². The number of β-amino-alcohol motifs (C(OH)–C–C–N with tert-alkyl or cyclic N) is 1. The number of hydrogen-bond donors (Lipinski definition) is 1. The number of ether oxygens (including phenoxy) is 3. The zero-order chi connectivity index (χ0) is 15.9. The number of benzene rings is 1. The van der Waals surface area contributed by atoms with Crippen LogP contribution in [0.25, 0.3) is 0 Å². The van der Waals surface area contributed by atoms with Gasteiger partial charge in [0.05, 0.1) is 27.9 Å². The number of methoxy groups -OCH3 is 3. The van der Waals surface area contributed by atoms with E-state index >= 15 is 0 Å². The number of hydrogen-bond acceptors (Lipinski definition) is 6. The molecule has 0 saturated carbocycles. The van der Waals surface area contributed by atoms with Crippen LogP contribution in [0.5, 0.6) is 17.2 Å². The van der Waals surface area contributed by atoms with E-state index in [0.717, 1.165) is 50.6 Å². The van der Waals surface area contributed by atoms with Crippen LogP contribution in [0, 0.1) is 0 Å². The van der Waals surface area contributed by atoms with Crippen LogP contribution in [-0.4, -0.2) is 75.6 Å². The average molecular weight is 383 g/mol. The van der Waals surface area contributed by atoms with E-state index in [-0.39, 0.29) is 31.4 Å². The van der Waals surface area contributed by atoms with Crippen LogP contribution < -0.4 is 14.2 Å². The maximum atomic E-state index is 9.00. The lowest BCUT2D eigenvalue weighted by Crippen LogP contribution is -2.46. The Kier molecular flexibility index (Phi) is 11.2. The van der Waals surface area contributed by atoms with E-state index in [1.165, 1.54) is 0 Å². The topological polar surface area (TPSA) is 54.4 Å². The fourth-order valence-electron chi connectivity index (χ4n) is 2.84. The highest BCUT2D eigenvalue weighted by Gasteiger charge is 2.20. The zero-order valence-corrected chi connectivity index (χ0v) is 16.1. The molecule has 140 valence electrons. The monoisotopic (exact) mass is 382 g/mol. The lowest BCUT2D eigenvalue weighted by molar-refractivity contribution is 0.108. The van der Waals surface area contributed by atoms with Crippen molar-refractivity contribution in [1.29, 1.82) is 0 Å². The fourth-order valence-corrected chi connectivity index (χ4v) is 2.84. The first-order valence-corrected chi connectivity index (χ1v) is 7.56. The number of aliphatic hydroxyl groups excluding tert-OH is 1. The Hall–Kier alpha value is -0.920. The maximum absolute atomic E-state index is 9.00. The van der Waals surface area contributed by atoms with Gasteiger partial charge in [-0.15, -0.1) is 24.8 Å². The predicted molar refractivity (Wildman–Crippen MR) is 99.4 cm³/mol. The lowest BCUT2D eigenvalue weighted by atomic mass is 10.1. The van der Waals surface area contributed by atoms with Gasteiger partial charge in [0.25, 0.3) is 0 Å². The summed E-state index contributed by atoms with van der Waals surface area (Å²) < 4.78 is 16.3. The molecule has 1 aromatic carbocycles. The molecule has 0 unspecified atom stereocenters. The Morgan fingerprint density at radius 2 is 1.46 bits per heavy atom. The van der Waals surface area contributed by atoms with Gasteiger partial charge in [-0.2, -0.15) is 0 Å². The fraction of sp³-hybridized carbons (Fsp3) is 0.625. The quantitative estimate of drug-likeness (QED) is 0.773. The van der Waals surface area contributed by atoms with Gasteiger partial charge in [0.1, 0.15) is 0 Å². The second-order valence-corrected chi connectivity index (χ2v) is 5.33. The standard InChI is InChI=1S/C16H26N2O4.2ClH/c1-20-14-5-4-13(15(21-2)16(14)22-3)12-18-8-6-17(7-9-18)10-11-19;;/h4-5,19H,6-12H2,1-3H3;2*1H. The van der Waals surface area contributed by atoms with E-state index < -0.39 is 0 Å². The summed E-state index contributed by atoms with van der Waals surface area (Å²) in [6, 6.07) is 3.94. The van der Waals surface area contributed by atoms with Crippen molar-refractivity contribution in [3.8, 4) is 17.2 Å². The molecule has 1 saturated heterocycles. The second kappa shape index (κ2) is 11.6. The van der Waals surface area contributed by atoms with Crippen LogP contribution in [0.3, 0.4) is 0 Å². The molecule has 1 aliphatic rings. The minimum absolute atomic E-state index is 0. The van der Waals surface area contributed by atoms with Gasteiger partial charge in [-0.25, -0.2) is 0 Å². The predicted octanol–water partition coefficient (Wildman–Crippen LogP) is 1.67. The largest absolute Gasteiger partial charge is 0.493 e. The van der Waals surface area contributed by atoms with Crippen molar-refractivity contribution in [2.75, 3.05) is 60.7 Å². The van der Waals surface area contributed by atoms with Gasteiger partial charge in [0, 0.05) is 44.8 Å². The Labute approximate surface area is 156 Å². The Balaban J connectivity index is 0.00000264. The molecule has 8 heteroatoms. The molecule has 0 bridgehead atoms. The molecule has 0 atom stereocenters. The first-order valence-electron chi connectivity index (χ1n) is 7.56. The first kappa shape index (κ1) is 23.1. The molecule has 0 spiro atoms. The van der Waals surface area contributed by atoms with E-state index in [0.29, 0.717) is 11.5 Å². The van der Waals surface area contributed by atoms with Crippen molar-refractivity contribution in [3.63, 3.8) is 0 Å². The lowest BCUT2D eigenvalue weighted by Gasteiger charge is -2.34. The van der Waals surface area contributed by atoms with Gasteiger partial charge in [-0.3, -0.25) is 9.80 Å². The molecule has 1 fully saturated rings. The first-order chi connectivity index (χ1) is 10.7. The molecule has 6 nitrogen and oxygen atoms in total. The summed E-state index contributed by atoms with van der Waals surface area (Å²) in [5.74, 6) is 2.05. The Bertz CT molecular complexity index is 483. The highest BCUT2D eigenvalue weighted by atomic mass is 35.5. The molecule has 1 N–H and O–H groups in total. The molecule has 0 aromatic heterocycles. The molecule has 1 heterocycles. The molecular formula is C16H28Cl2N2O4. The summed E-state index contributed by atoms with van der Waals surface area (Å²) in [5, 5.41) is 9.00. The number of rotatable bonds is 7. The SMILES string of the molecule is COc1ccc(CN2CCN(CCO)CC2)c(OC)c1OC.Cl.Cl. The normalized spacial score (nSPS) is 15.2. The molecule has 2 rings (SSSR count). The van der Waals surface area contributed by atoms with Gasteiger partial charge < -0.3 is 19.3 Å². The van der Waals surface area contributed by atoms with Crippen LogP contribution in [0.2, 0.25) is 0 Å². The smallest absolute Gasteiger partial charge is 0.203 e. The van der Waals surface area contributed by atoms with Gasteiger partial charge in [0.2, 0.25) is 5.75 Å². The summed E-state index contributed by atoms with van der Waals surface area (Å²) >= 11 is 0. The summed E-state index contributed by atoms with van der Waals surface area (Å²) in [4.78, 5) is 4.67. The minimum Gasteiger partial charge on any atom is -0.493 e.